The number of halogens is 2. The van der Waals surface area contributed by atoms with E-state index in [1.165, 1.54) is 27.7 Å². The summed E-state index contributed by atoms with van der Waals surface area (Å²) in [6.45, 7) is 2.37. The summed E-state index contributed by atoms with van der Waals surface area (Å²) in [4.78, 5) is 24.6. The number of benzene rings is 1. The zero-order chi connectivity index (χ0) is 23.6. The van der Waals surface area contributed by atoms with Crippen molar-refractivity contribution in [2.45, 2.75) is 30.7 Å². The summed E-state index contributed by atoms with van der Waals surface area (Å²) in [5.74, 6) is -0.270. The van der Waals surface area contributed by atoms with Crippen molar-refractivity contribution >= 4 is 33.3 Å². The lowest BCUT2D eigenvalue weighted by Gasteiger charge is -2.18. The van der Waals surface area contributed by atoms with Crippen LogP contribution < -0.4 is 10.6 Å². The number of sulfonamides is 1. The smallest absolute Gasteiger partial charge is 0.319 e. The molecule has 4 rings (SSSR count). The molecule has 3 aromatic rings. The molecule has 1 aliphatic heterocycles. The molecule has 0 aliphatic carbocycles. The van der Waals surface area contributed by atoms with E-state index in [4.69, 9.17) is 11.6 Å². The molecular formula is C19H20ClFN8O3S. The van der Waals surface area contributed by atoms with Gasteiger partial charge in [0.25, 0.3) is 5.95 Å². The molecular weight excluding hydrogens is 475 g/mol. The Balaban J connectivity index is 1.52. The van der Waals surface area contributed by atoms with Crippen LogP contribution in [0.4, 0.5) is 14.9 Å². The minimum atomic E-state index is -3.91. The molecule has 1 aliphatic rings. The highest BCUT2D eigenvalue weighted by molar-refractivity contribution is 7.89. The van der Waals surface area contributed by atoms with Gasteiger partial charge in [-0.2, -0.15) is 14.1 Å². The van der Waals surface area contributed by atoms with Gasteiger partial charge in [0.2, 0.25) is 10.0 Å². The summed E-state index contributed by atoms with van der Waals surface area (Å²) in [5, 5.41) is 8.75. The number of urea groups is 1. The van der Waals surface area contributed by atoms with Gasteiger partial charge in [0.15, 0.2) is 5.82 Å². The van der Waals surface area contributed by atoms with E-state index in [-0.39, 0.29) is 21.6 Å². The first kappa shape index (κ1) is 23.0. The molecule has 174 valence electrons. The topological polar surface area (TPSA) is 135 Å². The SMILES string of the molecule is CC(NC(=O)Nc1cc(S(=O)(=O)N2CCCC2)c(Cl)cc1F)c1ncnn1-c1ncccn1. The number of aromatic nitrogens is 5. The van der Waals surface area contributed by atoms with E-state index in [0.29, 0.717) is 18.9 Å². The lowest BCUT2D eigenvalue weighted by atomic mass is 10.3. The lowest BCUT2D eigenvalue weighted by molar-refractivity contribution is 0.248. The first-order valence-electron chi connectivity index (χ1n) is 10.0. The second-order valence-electron chi connectivity index (χ2n) is 7.27. The number of hydrogen-bond acceptors (Lipinski definition) is 7. The van der Waals surface area contributed by atoms with E-state index in [0.717, 1.165) is 25.0 Å². The molecule has 11 nitrogen and oxygen atoms in total. The normalized spacial score (nSPS) is 15.4. The number of rotatable bonds is 6. The molecule has 1 unspecified atom stereocenters. The van der Waals surface area contributed by atoms with Gasteiger partial charge in [-0.1, -0.05) is 11.6 Å². The van der Waals surface area contributed by atoms with E-state index in [9.17, 15) is 17.6 Å². The standard InChI is InChI=1S/C19H20ClFN8O3S/c1-12(17-24-11-25-29(17)18-22-5-4-6-23-18)26-19(30)27-15-10-16(13(20)9-14(15)21)33(31,32)28-7-2-3-8-28/h4-6,9-12H,2-3,7-8H2,1H3,(H2,26,27,30). The quantitative estimate of drug-likeness (QED) is 0.537. The van der Waals surface area contributed by atoms with Crippen LogP contribution >= 0.6 is 11.6 Å². The summed E-state index contributed by atoms with van der Waals surface area (Å²) >= 11 is 6.02. The molecule has 0 bridgehead atoms. The Labute approximate surface area is 194 Å². The van der Waals surface area contributed by atoms with Crippen molar-refractivity contribution in [1.82, 2.24) is 34.4 Å². The number of carbonyl (C=O) groups excluding carboxylic acids is 1. The Morgan fingerprint density at radius 2 is 1.88 bits per heavy atom. The van der Waals surface area contributed by atoms with Gasteiger partial charge in [0.1, 0.15) is 17.0 Å². The van der Waals surface area contributed by atoms with Gasteiger partial charge < -0.3 is 10.6 Å². The average molecular weight is 495 g/mol. The molecule has 1 aromatic carbocycles. The van der Waals surface area contributed by atoms with Crippen LogP contribution in [0.3, 0.4) is 0 Å². The molecule has 3 heterocycles. The van der Waals surface area contributed by atoms with Crippen molar-refractivity contribution in [1.29, 1.82) is 0 Å². The first-order chi connectivity index (χ1) is 15.8. The lowest BCUT2D eigenvalue weighted by Crippen LogP contribution is -2.33. The van der Waals surface area contributed by atoms with Crippen molar-refractivity contribution in [3.8, 4) is 5.95 Å². The van der Waals surface area contributed by atoms with Crippen LogP contribution in [0.5, 0.6) is 0 Å². The van der Waals surface area contributed by atoms with Crippen LogP contribution in [0.15, 0.2) is 41.8 Å². The maximum absolute atomic E-state index is 14.5. The van der Waals surface area contributed by atoms with Crippen molar-refractivity contribution < 1.29 is 17.6 Å². The second kappa shape index (κ2) is 9.37. The van der Waals surface area contributed by atoms with Crippen molar-refractivity contribution in [3.05, 3.63) is 53.6 Å². The van der Waals surface area contributed by atoms with Gasteiger partial charge in [-0.05, 0) is 38.0 Å². The predicted octanol–water partition coefficient (Wildman–Crippen LogP) is 2.52. The Morgan fingerprint density at radius 1 is 1.18 bits per heavy atom. The summed E-state index contributed by atoms with van der Waals surface area (Å²) in [6.07, 6.45) is 5.84. The molecule has 2 aromatic heterocycles. The molecule has 14 heteroatoms. The van der Waals surface area contributed by atoms with E-state index in [2.05, 4.69) is 30.7 Å². The molecule has 2 amide bonds. The number of nitrogens with one attached hydrogen (secondary N) is 2. The third kappa shape index (κ3) is 4.79. The van der Waals surface area contributed by atoms with Gasteiger partial charge in [-0.25, -0.2) is 32.6 Å². The van der Waals surface area contributed by atoms with E-state index >= 15 is 0 Å². The molecule has 1 atom stereocenters. The Bertz CT molecular complexity index is 1270. The summed E-state index contributed by atoms with van der Waals surface area (Å²) in [5.41, 5.74) is -0.324. The Kier molecular flexibility index (Phi) is 6.54. The molecule has 0 radical (unpaired) electrons. The molecule has 2 N–H and O–H groups in total. The van der Waals surface area contributed by atoms with Gasteiger partial charge in [-0.3, -0.25) is 0 Å². The van der Waals surface area contributed by atoms with E-state index in [1.807, 2.05) is 0 Å². The zero-order valence-corrected chi connectivity index (χ0v) is 19.0. The molecule has 0 saturated carbocycles. The van der Waals surface area contributed by atoms with Crippen LogP contribution in [0.2, 0.25) is 5.02 Å². The van der Waals surface area contributed by atoms with Gasteiger partial charge in [0, 0.05) is 25.5 Å². The minimum absolute atomic E-state index is 0.255. The number of hydrogen-bond donors (Lipinski definition) is 2. The fourth-order valence-electron chi connectivity index (χ4n) is 3.41. The third-order valence-electron chi connectivity index (χ3n) is 5.00. The van der Waals surface area contributed by atoms with Crippen molar-refractivity contribution in [2.24, 2.45) is 0 Å². The molecule has 1 fully saturated rings. The molecule has 33 heavy (non-hydrogen) atoms. The van der Waals surface area contributed by atoms with Crippen LogP contribution in [0, 0.1) is 5.82 Å². The monoisotopic (exact) mass is 494 g/mol. The van der Waals surface area contributed by atoms with E-state index in [1.54, 1.807) is 13.0 Å². The van der Waals surface area contributed by atoms with Crippen molar-refractivity contribution in [2.75, 3.05) is 18.4 Å². The Hall–Kier alpha value is -3.16. The summed E-state index contributed by atoms with van der Waals surface area (Å²) in [7, 11) is -3.91. The van der Waals surface area contributed by atoms with Crippen LogP contribution in [-0.4, -0.2) is 56.6 Å². The third-order valence-corrected chi connectivity index (χ3v) is 7.37. The zero-order valence-electron chi connectivity index (χ0n) is 17.4. The fraction of sp³-hybridized carbons (Fsp3) is 0.316. The molecule has 1 saturated heterocycles. The maximum atomic E-state index is 14.5. The number of nitrogens with zero attached hydrogens (tertiary/aromatic N) is 6. The van der Waals surface area contributed by atoms with E-state index < -0.39 is 27.9 Å². The summed E-state index contributed by atoms with van der Waals surface area (Å²) < 4.78 is 42.9. The van der Waals surface area contributed by atoms with Crippen LogP contribution in [0.25, 0.3) is 5.95 Å². The average Bonchev–Trinajstić information content (AvgIpc) is 3.49. The number of carbonyl (C=O) groups is 1. The number of anilines is 1. The van der Waals surface area contributed by atoms with Crippen LogP contribution in [-0.2, 0) is 10.0 Å². The largest absolute Gasteiger partial charge is 0.328 e. The van der Waals surface area contributed by atoms with Crippen LogP contribution in [0.1, 0.15) is 31.6 Å². The minimum Gasteiger partial charge on any atom is -0.328 e. The van der Waals surface area contributed by atoms with Gasteiger partial charge >= 0.3 is 6.03 Å². The first-order valence-corrected chi connectivity index (χ1v) is 11.8. The Morgan fingerprint density at radius 3 is 2.58 bits per heavy atom. The van der Waals surface area contributed by atoms with Gasteiger partial charge in [0.05, 0.1) is 16.8 Å². The highest BCUT2D eigenvalue weighted by atomic mass is 35.5. The second-order valence-corrected chi connectivity index (χ2v) is 9.59. The molecule has 0 spiro atoms. The highest BCUT2D eigenvalue weighted by Gasteiger charge is 2.30. The fourth-order valence-corrected chi connectivity index (χ4v) is 5.44. The van der Waals surface area contributed by atoms with Crippen molar-refractivity contribution in [3.63, 3.8) is 0 Å². The van der Waals surface area contributed by atoms with Gasteiger partial charge in [-0.15, -0.1) is 0 Å². The summed E-state index contributed by atoms with van der Waals surface area (Å²) in [6, 6.07) is 2.09. The maximum Gasteiger partial charge on any atom is 0.319 e. The number of amides is 2. The highest BCUT2D eigenvalue weighted by Crippen LogP contribution is 2.31. The predicted molar refractivity (Wildman–Crippen MR) is 117 cm³/mol.